The lowest BCUT2D eigenvalue weighted by atomic mass is 10.0. The Morgan fingerprint density at radius 2 is 1.69 bits per heavy atom. The first-order valence-electron chi connectivity index (χ1n) is 10.2. The van der Waals surface area contributed by atoms with Crippen molar-refractivity contribution in [3.05, 3.63) is 76.9 Å². The molecule has 4 rings (SSSR count). The highest BCUT2D eigenvalue weighted by Gasteiger charge is 2.33. The molecule has 184 valence electrons. The molecule has 2 N–H and O–H groups in total. The van der Waals surface area contributed by atoms with E-state index < -0.39 is 29.0 Å². The Balaban J connectivity index is 1.55. The van der Waals surface area contributed by atoms with Crippen LogP contribution in [0.15, 0.2) is 48.7 Å². The molecule has 0 fully saturated rings. The standard InChI is InChI=1S/C23H16F4N6O3/c1-11-7-12(23(25,26)27)8-15(19(11)24)20(34)31-22-30-16-4-3-13(9-17(16)32-33-22)36-14-5-6-29-18(10-14)21(35)28-2/h3-10H,1-2H3,(H,28,35)(H,30,31,33,34). The van der Waals surface area contributed by atoms with E-state index in [4.69, 9.17) is 4.74 Å². The first kappa shape index (κ1) is 24.4. The number of carbonyl (C=O) groups is 2. The second-order valence-electron chi connectivity index (χ2n) is 7.45. The van der Waals surface area contributed by atoms with E-state index in [0.29, 0.717) is 23.6 Å². The Bertz CT molecular complexity index is 1490. The van der Waals surface area contributed by atoms with Crippen LogP contribution in [0.4, 0.5) is 23.5 Å². The molecule has 0 spiro atoms. The van der Waals surface area contributed by atoms with Gasteiger partial charge < -0.3 is 10.1 Å². The average Bonchev–Trinajstić information content (AvgIpc) is 2.84. The molecule has 0 radical (unpaired) electrons. The molecule has 2 aromatic heterocycles. The van der Waals surface area contributed by atoms with Crippen LogP contribution in [-0.2, 0) is 6.18 Å². The summed E-state index contributed by atoms with van der Waals surface area (Å²) in [6.07, 6.45) is -3.35. The molecule has 0 saturated heterocycles. The van der Waals surface area contributed by atoms with Crippen molar-refractivity contribution in [1.29, 1.82) is 0 Å². The number of rotatable bonds is 5. The molecule has 0 saturated carbocycles. The van der Waals surface area contributed by atoms with Crippen molar-refractivity contribution in [2.75, 3.05) is 12.4 Å². The van der Waals surface area contributed by atoms with Crippen LogP contribution in [0.25, 0.3) is 11.0 Å². The van der Waals surface area contributed by atoms with Gasteiger partial charge in [-0.15, -0.1) is 10.2 Å². The van der Waals surface area contributed by atoms with Crippen LogP contribution in [0.3, 0.4) is 0 Å². The number of carbonyl (C=O) groups excluding carboxylic acids is 2. The number of fused-ring (bicyclic) bond motifs is 1. The Kier molecular flexibility index (Phi) is 6.47. The summed E-state index contributed by atoms with van der Waals surface area (Å²) >= 11 is 0. The van der Waals surface area contributed by atoms with Crippen LogP contribution in [0, 0.1) is 12.7 Å². The minimum atomic E-state index is -4.76. The zero-order valence-electron chi connectivity index (χ0n) is 18.6. The van der Waals surface area contributed by atoms with Crippen LogP contribution in [-0.4, -0.2) is 39.0 Å². The fourth-order valence-electron chi connectivity index (χ4n) is 3.16. The zero-order valence-corrected chi connectivity index (χ0v) is 18.6. The first-order chi connectivity index (χ1) is 17.0. The van der Waals surface area contributed by atoms with Gasteiger partial charge in [-0.1, -0.05) is 0 Å². The molecule has 36 heavy (non-hydrogen) atoms. The fourth-order valence-corrected chi connectivity index (χ4v) is 3.16. The number of anilines is 1. The maximum Gasteiger partial charge on any atom is 0.416 e. The van der Waals surface area contributed by atoms with Crippen LogP contribution in [0.1, 0.15) is 32.0 Å². The molecule has 4 aromatic rings. The summed E-state index contributed by atoms with van der Waals surface area (Å²) in [5.74, 6) is -2.29. The minimum Gasteiger partial charge on any atom is -0.457 e. The minimum absolute atomic E-state index is 0.157. The number of aromatic nitrogens is 4. The van der Waals surface area contributed by atoms with Gasteiger partial charge in [-0.2, -0.15) is 13.2 Å². The molecule has 13 heteroatoms. The summed E-state index contributed by atoms with van der Waals surface area (Å²) in [6.45, 7) is 1.13. The van der Waals surface area contributed by atoms with Gasteiger partial charge in [-0.05, 0) is 42.8 Å². The Labute approximate surface area is 200 Å². The quantitative estimate of drug-likeness (QED) is 0.393. The number of halogens is 4. The van der Waals surface area contributed by atoms with Gasteiger partial charge in [0.1, 0.15) is 28.5 Å². The molecule has 0 aliphatic rings. The maximum absolute atomic E-state index is 14.4. The predicted octanol–water partition coefficient (Wildman–Crippen LogP) is 4.29. The number of pyridine rings is 1. The van der Waals surface area contributed by atoms with Crippen molar-refractivity contribution in [3.63, 3.8) is 0 Å². The molecule has 0 bridgehead atoms. The van der Waals surface area contributed by atoms with E-state index in [2.05, 4.69) is 30.8 Å². The fraction of sp³-hybridized carbons (Fsp3) is 0.130. The van der Waals surface area contributed by atoms with Gasteiger partial charge in [-0.3, -0.25) is 19.9 Å². The summed E-state index contributed by atoms with van der Waals surface area (Å²) < 4.78 is 59.3. The molecule has 2 aromatic carbocycles. The molecule has 2 amide bonds. The smallest absolute Gasteiger partial charge is 0.416 e. The van der Waals surface area contributed by atoms with Gasteiger partial charge >= 0.3 is 6.18 Å². The largest absolute Gasteiger partial charge is 0.457 e. The second kappa shape index (κ2) is 9.52. The topological polar surface area (TPSA) is 119 Å². The molecular formula is C23H16F4N6O3. The van der Waals surface area contributed by atoms with Gasteiger partial charge in [0.15, 0.2) is 0 Å². The molecule has 0 aliphatic carbocycles. The van der Waals surface area contributed by atoms with Crippen molar-refractivity contribution in [2.24, 2.45) is 0 Å². The zero-order chi connectivity index (χ0) is 26.0. The van der Waals surface area contributed by atoms with E-state index in [-0.39, 0.29) is 34.1 Å². The lowest BCUT2D eigenvalue weighted by Gasteiger charge is -2.12. The second-order valence-corrected chi connectivity index (χ2v) is 7.45. The third-order valence-electron chi connectivity index (χ3n) is 4.90. The molecular weight excluding hydrogens is 484 g/mol. The number of nitrogens with zero attached hydrogens (tertiary/aromatic N) is 4. The summed E-state index contributed by atoms with van der Waals surface area (Å²) in [5, 5.41) is 12.3. The van der Waals surface area contributed by atoms with E-state index in [0.717, 1.165) is 6.92 Å². The Hall–Kier alpha value is -4.68. The van der Waals surface area contributed by atoms with E-state index in [9.17, 15) is 27.2 Å². The summed E-state index contributed by atoms with van der Waals surface area (Å²) in [4.78, 5) is 32.2. The molecule has 9 nitrogen and oxygen atoms in total. The highest BCUT2D eigenvalue weighted by molar-refractivity contribution is 6.04. The van der Waals surface area contributed by atoms with Crippen molar-refractivity contribution < 1.29 is 31.9 Å². The lowest BCUT2D eigenvalue weighted by Crippen LogP contribution is -2.19. The van der Waals surface area contributed by atoms with Crippen molar-refractivity contribution in [2.45, 2.75) is 13.1 Å². The number of amides is 2. The van der Waals surface area contributed by atoms with Crippen LogP contribution >= 0.6 is 0 Å². The number of hydrogen-bond donors (Lipinski definition) is 2. The summed E-state index contributed by atoms with van der Waals surface area (Å²) in [5.41, 5.74) is -1.60. The van der Waals surface area contributed by atoms with E-state index in [1.54, 1.807) is 12.1 Å². The number of hydrogen-bond acceptors (Lipinski definition) is 7. The Morgan fingerprint density at radius 1 is 0.944 bits per heavy atom. The third kappa shape index (κ3) is 5.19. The van der Waals surface area contributed by atoms with Crippen LogP contribution in [0.5, 0.6) is 11.5 Å². The average molecular weight is 500 g/mol. The van der Waals surface area contributed by atoms with Crippen LogP contribution < -0.4 is 15.4 Å². The normalized spacial score (nSPS) is 11.3. The van der Waals surface area contributed by atoms with E-state index >= 15 is 0 Å². The SMILES string of the molecule is CNC(=O)c1cc(Oc2ccc3nc(NC(=O)c4cc(C(F)(F)F)cc(C)c4F)nnc3c2)ccn1. The number of aryl methyl sites for hydroxylation is 1. The van der Waals surface area contributed by atoms with Crippen LogP contribution in [0.2, 0.25) is 0 Å². The molecule has 0 atom stereocenters. The Morgan fingerprint density at radius 3 is 2.42 bits per heavy atom. The number of alkyl halides is 3. The highest BCUT2D eigenvalue weighted by Crippen LogP contribution is 2.32. The van der Waals surface area contributed by atoms with Gasteiger partial charge in [0.05, 0.1) is 16.6 Å². The van der Waals surface area contributed by atoms with Crippen molar-refractivity contribution in [3.8, 4) is 11.5 Å². The monoisotopic (exact) mass is 500 g/mol. The predicted molar refractivity (Wildman–Crippen MR) is 119 cm³/mol. The maximum atomic E-state index is 14.4. The molecule has 0 unspecified atom stereocenters. The number of benzene rings is 2. The van der Waals surface area contributed by atoms with Gasteiger partial charge in [0.25, 0.3) is 11.8 Å². The van der Waals surface area contributed by atoms with E-state index in [1.807, 2.05) is 0 Å². The molecule has 2 heterocycles. The van der Waals surface area contributed by atoms with Gasteiger partial charge in [0, 0.05) is 25.4 Å². The number of nitrogens with one attached hydrogen (secondary N) is 2. The first-order valence-corrected chi connectivity index (χ1v) is 10.2. The van der Waals surface area contributed by atoms with E-state index in [1.165, 1.54) is 31.4 Å². The van der Waals surface area contributed by atoms with Gasteiger partial charge in [-0.25, -0.2) is 9.37 Å². The third-order valence-corrected chi connectivity index (χ3v) is 4.90. The van der Waals surface area contributed by atoms with Crippen molar-refractivity contribution >= 4 is 28.8 Å². The highest BCUT2D eigenvalue weighted by atomic mass is 19.4. The van der Waals surface area contributed by atoms with Gasteiger partial charge in [0.2, 0.25) is 5.95 Å². The number of ether oxygens (including phenoxy) is 1. The van der Waals surface area contributed by atoms with Crippen molar-refractivity contribution in [1.82, 2.24) is 25.5 Å². The molecule has 0 aliphatic heterocycles. The summed E-state index contributed by atoms with van der Waals surface area (Å²) in [7, 11) is 1.47. The lowest BCUT2D eigenvalue weighted by molar-refractivity contribution is -0.137. The summed E-state index contributed by atoms with van der Waals surface area (Å²) in [6, 6.07) is 8.57.